The Morgan fingerprint density at radius 3 is 2.58 bits per heavy atom. The van der Waals surface area contributed by atoms with Crippen molar-refractivity contribution < 1.29 is 4.42 Å². The first-order chi connectivity index (χ1) is 8.38. The van der Waals surface area contributed by atoms with Gasteiger partial charge in [-0.15, -0.1) is 24.8 Å². The van der Waals surface area contributed by atoms with Gasteiger partial charge < -0.3 is 4.42 Å². The summed E-state index contributed by atoms with van der Waals surface area (Å²) in [6.45, 7) is 2.46. The minimum absolute atomic E-state index is 0. The first-order valence-corrected chi connectivity index (χ1v) is 6.48. The molecule has 2 aromatic heterocycles. The standard InChI is InChI=1S/C14H16N2O.2ClH/c1-4-14(5-2-8-16(14)7-1)13-9-11-3-6-15-10-12(11)17-13;;/h3,6,9-10H,1-2,4-5,7-8H2;2*1H. The molecule has 4 rings (SSSR count). The first-order valence-electron chi connectivity index (χ1n) is 6.48. The third kappa shape index (κ3) is 2.04. The number of nitrogens with zero attached hydrogens (tertiary/aromatic N) is 2. The summed E-state index contributed by atoms with van der Waals surface area (Å²) < 4.78 is 6.05. The molecular weight excluding hydrogens is 283 g/mol. The number of pyridine rings is 1. The Kier molecular flexibility index (Phi) is 4.09. The maximum atomic E-state index is 6.05. The zero-order chi connectivity index (χ0) is 11.3. The summed E-state index contributed by atoms with van der Waals surface area (Å²) >= 11 is 0. The van der Waals surface area contributed by atoms with Gasteiger partial charge in [-0.3, -0.25) is 9.88 Å². The monoisotopic (exact) mass is 300 g/mol. The van der Waals surface area contributed by atoms with Crippen molar-refractivity contribution in [2.24, 2.45) is 0 Å². The predicted octanol–water partition coefficient (Wildman–Crippen LogP) is 3.76. The highest BCUT2D eigenvalue weighted by Gasteiger charge is 2.47. The molecule has 0 saturated carbocycles. The Hall–Kier alpha value is -0.770. The molecule has 0 radical (unpaired) electrons. The highest BCUT2D eigenvalue weighted by Crippen LogP contribution is 2.47. The molecule has 2 aliphatic rings. The summed E-state index contributed by atoms with van der Waals surface area (Å²) in [5.41, 5.74) is 1.13. The van der Waals surface area contributed by atoms with E-state index >= 15 is 0 Å². The lowest BCUT2D eigenvalue weighted by Gasteiger charge is -2.29. The van der Waals surface area contributed by atoms with Crippen LogP contribution < -0.4 is 0 Å². The van der Waals surface area contributed by atoms with Crippen LogP contribution in [0.3, 0.4) is 0 Å². The number of hydrogen-bond acceptors (Lipinski definition) is 3. The minimum atomic E-state index is 0. The lowest BCUT2D eigenvalue weighted by molar-refractivity contribution is 0.166. The van der Waals surface area contributed by atoms with Crippen LogP contribution >= 0.6 is 24.8 Å². The van der Waals surface area contributed by atoms with Crippen LogP contribution in [0.5, 0.6) is 0 Å². The molecule has 0 aliphatic carbocycles. The molecule has 4 heterocycles. The average molecular weight is 301 g/mol. The highest BCUT2D eigenvalue weighted by atomic mass is 35.5. The number of furan rings is 1. The van der Waals surface area contributed by atoms with E-state index in [9.17, 15) is 0 Å². The molecule has 2 saturated heterocycles. The van der Waals surface area contributed by atoms with Gasteiger partial charge in [0.2, 0.25) is 0 Å². The van der Waals surface area contributed by atoms with Gasteiger partial charge in [-0.25, -0.2) is 0 Å². The fourth-order valence-electron chi connectivity index (χ4n) is 3.62. The van der Waals surface area contributed by atoms with Crippen LogP contribution in [0.2, 0.25) is 0 Å². The largest absolute Gasteiger partial charge is 0.457 e. The second-order valence-corrected chi connectivity index (χ2v) is 5.25. The molecular formula is C14H18Cl2N2O. The Labute approximate surface area is 125 Å². The van der Waals surface area contributed by atoms with Crippen molar-refractivity contribution in [1.29, 1.82) is 0 Å². The second kappa shape index (κ2) is 5.31. The summed E-state index contributed by atoms with van der Waals surface area (Å²) in [5, 5.41) is 1.18. The van der Waals surface area contributed by atoms with Gasteiger partial charge in [0.05, 0.1) is 11.7 Å². The number of rotatable bonds is 1. The third-order valence-corrected chi connectivity index (χ3v) is 4.42. The highest BCUT2D eigenvalue weighted by molar-refractivity contribution is 5.85. The molecule has 0 bridgehead atoms. The number of hydrogen-bond donors (Lipinski definition) is 0. The van der Waals surface area contributed by atoms with E-state index in [0.717, 1.165) is 11.3 Å². The Bertz CT molecular complexity index is 526. The zero-order valence-electron chi connectivity index (χ0n) is 10.7. The summed E-state index contributed by atoms with van der Waals surface area (Å²) in [7, 11) is 0. The smallest absolute Gasteiger partial charge is 0.152 e. The van der Waals surface area contributed by atoms with Crippen molar-refractivity contribution in [3.63, 3.8) is 0 Å². The van der Waals surface area contributed by atoms with Crippen molar-refractivity contribution in [2.75, 3.05) is 13.1 Å². The van der Waals surface area contributed by atoms with Gasteiger partial charge in [-0.05, 0) is 50.9 Å². The van der Waals surface area contributed by atoms with Crippen LogP contribution in [-0.2, 0) is 5.54 Å². The van der Waals surface area contributed by atoms with Crippen molar-refractivity contribution in [1.82, 2.24) is 9.88 Å². The van der Waals surface area contributed by atoms with E-state index in [2.05, 4.69) is 16.0 Å². The molecule has 2 fully saturated rings. The van der Waals surface area contributed by atoms with Crippen LogP contribution in [0.4, 0.5) is 0 Å². The lowest BCUT2D eigenvalue weighted by Crippen LogP contribution is -2.34. The Morgan fingerprint density at radius 2 is 1.89 bits per heavy atom. The van der Waals surface area contributed by atoms with Crippen molar-refractivity contribution in [2.45, 2.75) is 31.2 Å². The topological polar surface area (TPSA) is 29.3 Å². The van der Waals surface area contributed by atoms with Crippen LogP contribution in [-0.4, -0.2) is 23.0 Å². The summed E-state index contributed by atoms with van der Waals surface area (Å²) in [5.74, 6) is 1.16. The van der Waals surface area contributed by atoms with Crippen LogP contribution in [0.1, 0.15) is 31.4 Å². The Balaban J connectivity index is 0.000000667. The SMILES string of the molecule is Cl.Cl.c1cc2cc(C34CCCN3CCC4)oc2cn1. The van der Waals surface area contributed by atoms with E-state index < -0.39 is 0 Å². The molecule has 2 aliphatic heterocycles. The van der Waals surface area contributed by atoms with Gasteiger partial charge in [0, 0.05) is 11.6 Å². The lowest BCUT2D eigenvalue weighted by atomic mass is 9.91. The van der Waals surface area contributed by atoms with Gasteiger partial charge in [-0.2, -0.15) is 0 Å². The minimum Gasteiger partial charge on any atom is -0.457 e. The number of aromatic nitrogens is 1. The van der Waals surface area contributed by atoms with Crippen molar-refractivity contribution in [3.05, 3.63) is 30.3 Å². The Morgan fingerprint density at radius 1 is 1.16 bits per heavy atom. The molecule has 0 unspecified atom stereocenters. The van der Waals surface area contributed by atoms with Crippen molar-refractivity contribution >= 4 is 35.8 Å². The van der Waals surface area contributed by atoms with Crippen LogP contribution in [0.25, 0.3) is 11.0 Å². The second-order valence-electron chi connectivity index (χ2n) is 5.25. The molecule has 0 amide bonds. The summed E-state index contributed by atoms with van der Waals surface area (Å²) in [6, 6.07) is 4.26. The van der Waals surface area contributed by atoms with E-state index in [0.29, 0.717) is 0 Å². The number of fused-ring (bicyclic) bond motifs is 2. The van der Waals surface area contributed by atoms with Crippen molar-refractivity contribution in [3.8, 4) is 0 Å². The van der Waals surface area contributed by atoms with Gasteiger partial charge >= 0.3 is 0 Å². The zero-order valence-corrected chi connectivity index (χ0v) is 12.3. The molecule has 0 aromatic carbocycles. The average Bonchev–Trinajstić information content (AvgIpc) is 3.01. The molecule has 3 nitrogen and oxygen atoms in total. The van der Waals surface area contributed by atoms with E-state index in [1.54, 1.807) is 0 Å². The summed E-state index contributed by atoms with van der Waals surface area (Å²) in [4.78, 5) is 6.74. The first kappa shape index (κ1) is 14.6. The maximum Gasteiger partial charge on any atom is 0.152 e. The van der Waals surface area contributed by atoms with Gasteiger partial charge in [-0.1, -0.05) is 0 Å². The molecule has 104 valence electrons. The van der Waals surface area contributed by atoms with E-state index in [-0.39, 0.29) is 30.4 Å². The van der Waals surface area contributed by atoms with E-state index in [1.165, 1.54) is 44.2 Å². The predicted molar refractivity (Wildman–Crippen MR) is 80.2 cm³/mol. The molecule has 0 spiro atoms. The fraction of sp³-hybridized carbons (Fsp3) is 0.500. The fourth-order valence-corrected chi connectivity index (χ4v) is 3.62. The molecule has 2 aromatic rings. The van der Waals surface area contributed by atoms with Gasteiger partial charge in [0.25, 0.3) is 0 Å². The molecule has 0 N–H and O–H groups in total. The number of halogens is 2. The maximum absolute atomic E-state index is 6.05. The third-order valence-electron chi connectivity index (χ3n) is 4.42. The van der Waals surface area contributed by atoms with Crippen LogP contribution in [0.15, 0.2) is 28.9 Å². The van der Waals surface area contributed by atoms with E-state index in [4.69, 9.17) is 4.42 Å². The van der Waals surface area contributed by atoms with Gasteiger partial charge in [0.15, 0.2) is 5.58 Å². The normalized spacial score (nSPS) is 20.8. The summed E-state index contributed by atoms with van der Waals surface area (Å²) in [6.07, 6.45) is 8.76. The molecule has 19 heavy (non-hydrogen) atoms. The molecule has 0 atom stereocenters. The van der Waals surface area contributed by atoms with Crippen LogP contribution in [0, 0.1) is 0 Å². The van der Waals surface area contributed by atoms with Gasteiger partial charge in [0.1, 0.15) is 5.76 Å². The molecule has 5 heteroatoms. The van der Waals surface area contributed by atoms with E-state index in [1.807, 2.05) is 18.5 Å². The quantitative estimate of drug-likeness (QED) is 0.803.